The Morgan fingerprint density at radius 2 is 2.00 bits per heavy atom. The molecule has 0 fully saturated rings. The quantitative estimate of drug-likeness (QED) is 0.517. The molecule has 0 radical (unpaired) electrons. The number of nitrogens with zero attached hydrogens (tertiary/aromatic N) is 1. The van der Waals surface area contributed by atoms with Gasteiger partial charge < -0.3 is 9.52 Å². The fourth-order valence-electron chi connectivity index (χ4n) is 1.58. The number of hydrogen-bond donors (Lipinski definition) is 1. The molecule has 6 heteroatoms. The molecule has 96 valence electrons. The predicted molar refractivity (Wildman–Crippen MR) is 67.5 cm³/mol. The average Bonchev–Trinajstić information content (AvgIpc) is 2.85. The molecule has 0 unspecified atom stereocenters. The number of carbonyl (C=O) groups is 1. The molecule has 2 rings (SSSR count). The van der Waals surface area contributed by atoms with Crippen LogP contribution >= 0.6 is 0 Å². The molecule has 1 aromatic carbocycles. The maximum atomic E-state index is 10.9. The Kier molecular flexibility index (Phi) is 3.42. The third-order valence-electron chi connectivity index (χ3n) is 2.38. The summed E-state index contributed by atoms with van der Waals surface area (Å²) in [7, 11) is 0. The van der Waals surface area contributed by atoms with Crippen molar-refractivity contribution < 1.29 is 19.2 Å². The van der Waals surface area contributed by atoms with Gasteiger partial charge in [-0.2, -0.15) is 0 Å². The molecule has 1 heterocycles. The van der Waals surface area contributed by atoms with Gasteiger partial charge in [-0.3, -0.25) is 10.1 Å². The van der Waals surface area contributed by atoms with E-state index in [1.54, 1.807) is 30.3 Å². The first kappa shape index (κ1) is 12.6. The zero-order chi connectivity index (χ0) is 13.8. The van der Waals surface area contributed by atoms with Crippen LogP contribution in [0.2, 0.25) is 0 Å². The second-order valence-electron chi connectivity index (χ2n) is 3.65. The van der Waals surface area contributed by atoms with Gasteiger partial charge in [0.15, 0.2) is 0 Å². The summed E-state index contributed by atoms with van der Waals surface area (Å²) in [4.78, 5) is 20.8. The number of carboxylic acids is 1. The van der Waals surface area contributed by atoms with Crippen molar-refractivity contribution in [3.63, 3.8) is 0 Å². The molecule has 0 atom stereocenters. The van der Waals surface area contributed by atoms with Gasteiger partial charge in [0.25, 0.3) is 5.69 Å². The van der Waals surface area contributed by atoms with Crippen molar-refractivity contribution in [1.82, 2.24) is 0 Å². The molecule has 0 saturated carbocycles. The molecule has 0 aliphatic rings. The highest BCUT2D eigenvalue weighted by Gasteiger charge is 2.16. The normalized spacial score (nSPS) is 10.7. The van der Waals surface area contributed by atoms with Crippen molar-refractivity contribution in [1.29, 1.82) is 0 Å². The molecule has 19 heavy (non-hydrogen) atoms. The number of nitro benzene ring substituents is 1. The van der Waals surface area contributed by atoms with Crippen molar-refractivity contribution in [3.8, 4) is 11.3 Å². The zero-order valence-electron chi connectivity index (χ0n) is 9.65. The molecule has 0 saturated heterocycles. The summed E-state index contributed by atoms with van der Waals surface area (Å²) in [5.74, 6) is -0.462. The number of para-hydroxylation sites is 1. The number of aliphatic carboxylic acids is 1. The van der Waals surface area contributed by atoms with E-state index in [1.165, 1.54) is 12.1 Å². The number of rotatable bonds is 4. The molecule has 0 aliphatic carbocycles. The standard InChI is InChI=1S/C13H9NO5/c15-13(16)8-6-9-5-7-12(19-9)10-3-1-2-4-11(10)14(17)18/h1-8H,(H,15,16). The van der Waals surface area contributed by atoms with Gasteiger partial charge in [-0.05, 0) is 24.3 Å². The largest absolute Gasteiger partial charge is 0.478 e. The van der Waals surface area contributed by atoms with Gasteiger partial charge in [0, 0.05) is 12.1 Å². The van der Waals surface area contributed by atoms with Crippen LogP contribution in [0.1, 0.15) is 5.76 Å². The first-order valence-electron chi connectivity index (χ1n) is 5.32. The number of carboxylic acid groups (broad SMARTS) is 1. The molecular formula is C13H9NO5. The van der Waals surface area contributed by atoms with Gasteiger partial charge in [-0.15, -0.1) is 0 Å². The summed E-state index contributed by atoms with van der Waals surface area (Å²) in [6.45, 7) is 0. The highest BCUT2D eigenvalue weighted by Crippen LogP contribution is 2.30. The minimum absolute atomic E-state index is 0.0642. The van der Waals surface area contributed by atoms with Crippen LogP contribution in [0.4, 0.5) is 5.69 Å². The first-order valence-corrected chi connectivity index (χ1v) is 5.32. The number of nitro groups is 1. The van der Waals surface area contributed by atoms with Crippen LogP contribution in [-0.2, 0) is 4.79 Å². The third-order valence-corrected chi connectivity index (χ3v) is 2.38. The van der Waals surface area contributed by atoms with Crippen LogP contribution in [0.5, 0.6) is 0 Å². The van der Waals surface area contributed by atoms with Gasteiger partial charge in [0.1, 0.15) is 11.5 Å². The molecule has 0 spiro atoms. The van der Waals surface area contributed by atoms with E-state index >= 15 is 0 Å². The van der Waals surface area contributed by atoms with Crippen LogP contribution < -0.4 is 0 Å². The highest BCUT2D eigenvalue weighted by atomic mass is 16.6. The second-order valence-corrected chi connectivity index (χ2v) is 3.65. The predicted octanol–water partition coefficient (Wildman–Crippen LogP) is 2.95. The number of benzene rings is 1. The first-order chi connectivity index (χ1) is 9.08. The highest BCUT2D eigenvalue weighted by molar-refractivity contribution is 5.85. The topological polar surface area (TPSA) is 93.6 Å². The summed E-state index contributed by atoms with van der Waals surface area (Å²) < 4.78 is 5.36. The molecular weight excluding hydrogens is 250 g/mol. The summed E-state index contributed by atoms with van der Waals surface area (Å²) >= 11 is 0. The molecule has 1 N–H and O–H groups in total. The van der Waals surface area contributed by atoms with Crippen LogP contribution in [0, 0.1) is 10.1 Å². The number of hydrogen-bond acceptors (Lipinski definition) is 4. The van der Waals surface area contributed by atoms with Crippen molar-refractivity contribution in [2.24, 2.45) is 0 Å². The van der Waals surface area contributed by atoms with Gasteiger partial charge in [0.05, 0.1) is 10.5 Å². The van der Waals surface area contributed by atoms with E-state index in [9.17, 15) is 14.9 Å². The summed E-state index contributed by atoms with van der Waals surface area (Å²) in [5.41, 5.74) is 0.285. The molecule has 6 nitrogen and oxygen atoms in total. The fraction of sp³-hybridized carbons (Fsp3) is 0. The van der Waals surface area contributed by atoms with E-state index in [1.807, 2.05) is 0 Å². The van der Waals surface area contributed by atoms with Crippen LogP contribution in [0.25, 0.3) is 17.4 Å². The zero-order valence-corrected chi connectivity index (χ0v) is 9.65. The van der Waals surface area contributed by atoms with Crippen molar-refractivity contribution in [3.05, 3.63) is 58.3 Å². The van der Waals surface area contributed by atoms with E-state index < -0.39 is 10.9 Å². The lowest BCUT2D eigenvalue weighted by Crippen LogP contribution is -1.90. The monoisotopic (exact) mass is 259 g/mol. The lowest BCUT2D eigenvalue weighted by atomic mass is 10.1. The van der Waals surface area contributed by atoms with Gasteiger partial charge in [-0.1, -0.05) is 12.1 Å². The van der Waals surface area contributed by atoms with Crippen LogP contribution in [-0.4, -0.2) is 16.0 Å². The average molecular weight is 259 g/mol. The molecule has 0 amide bonds. The summed E-state index contributed by atoms with van der Waals surface area (Å²) in [5, 5.41) is 19.4. The summed E-state index contributed by atoms with van der Waals surface area (Å²) in [6, 6.07) is 9.29. The maximum absolute atomic E-state index is 10.9. The van der Waals surface area contributed by atoms with E-state index in [0.29, 0.717) is 17.1 Å². The lowest BCUT2D eigenvalue weighted by molar-refractivity contribution is -0.384. The van der Waals surface area contributed by atoms with Crippen molar-refractivity contribution in [2.45, 2.75) is 0 Å². The van der Waals surface area contributed by atoms with Gasteiger partial charge in [0.2, 0.25) is 0 Å². The molecule has 1 aromatic heterocycles. The second kappa shape index (κ2) is 5.18. The minimum atomic E-state index is -1.09. The van der Waals surface area contributed by atoms with E-state index in [0.717, 1.165) is 6.08 Å². The minimum Gasteiger partial charge on any atom is -0.478 e. The maximum Gasteiger partial charge on any atom is 0.328 e. The smallest absolute Gasteiger partial charge is 0.328 e. The van der Waals surface area contributed by atoms with Gasteiger partial charge in [-0.25, -0.2) is 4.79 Å². The SMILES string of the molecule is O=C(O)C=Cc1ccc(-c2ccccc2[N+](=O)[O-])o1. The molecule has 0 aliphatic heterocycles. The Morgan fingerprint density at radius 1 is 1.26 bits per heavy atom. The van der Waals surface area contributed by atoms with E-state index in [4.69, 9.17) is 9.52 Å². The lowest BCUT2D eigenvalue weighted by Gasteiger charge is -1.98. The Morgan fingerprint density at radius 3 is 2.68 bits per heavy atom. The Hall–Kier alpha value is -2.89. The Bertz CT molecular complexity index is 657. The third kappa shape index (κ3) is 2.86. The Balaban J connectivity index is 2.38. The van der Waals surface area contributed by atoms with E-state index in [2.05, 4.69) is 0 Å². The molecule has 0 bridgehead atoms. The van der Waals surface area contributed by atoms with Gasteiger partial charge >= 0.3 is 5.97 Å². The molecule has 2 aromatic rings. The fourth-order valence-corrected chi connectivity index (χ4v) is 1.58. The Labute approximate surface area is 107 Å². The van der Waals surface area contributed by atoms with Crippen molar-refractivity contribution >= 4 is 17.7 Å². The van der Waals surface area contributed by atoms with Crippen molar-refractivity contribution in [2.75, 3.05) is 0 Å². The summed E-state index contributed by atoms with van der Waals surface area (Å²) in [6.07, 6.45) is 2.21. The van der Waals surface area contributed by atoms with Crippen LogP contribution in [0.15, 0.2) is 46.9 Å². The number of furan rings is 1. The van der Waals surface area contributed by atoms with Crippen LogP contribution in [0.3, 0.4) is 0 Å². The van der Waals surface area contributed by atoms with E-state index in [-0.39, 0.29) is 5.69 Å².